The molecule has 0 aromatic carbocycles. The van der Waals surface area contributed by atoms with Crippen LogP contribution in [0.5, 0.6) is 0 Å². The zero-order chi connectivity index (χ0) is 10.4. The van der Waals surface area contributed by atoms with Crippen molar-refractivity contribution in [2.75, 3.05) is 14.2 Å². The Hall–Kier alpha value is -1.42. The molecule has 3 nitrogen and oxygen atoms in total. The van der Waals surface area contributed by atoms with E-state index in [0.717, 1.165) is 5.06 Å². The molecule has 72 valence electrons. The van der Waals surface area contributed by atoms with Crippen LogP contribution in [-0.2, 0) is 9.63 Å². The van der Waals surface area contributed by atoms with Gasteiger partial charge in [0, 0.05) is 7.05 Å². The summed E-state index contributed by atoms with van der Waals surface area (Å²) < 4.78 is 12.7. The Morgan fingerprint density at radius 3 is 2.46 bits per heavy atom. The summed E-state index contributed by atoms with van der Waals surface area (Å²) in [6, 6.07) is 0. The standard InChI is InChI=1S/C9H12FNO2/c1-5-6-8(7(2)10)9(12)11(3)13-4/h5-6H,1-2H2,3-4H3/b8-6+. The number of hydroxylamine groups is 2. The first kappa shape index (κ1) is 11.6. The van der Waals surface area contributed by atoms with E-state index >= 15 is 0 Å². The van der Waals surface area contributed by atoms with E-state index in [2.05, 4.69) is 18.0 Å². The summed E-state index contributed by atoms with van der Waals surface area (Å²) in [5.41, 5.74) is -0.167. The number of hydrogen-bond donors (Lipinski definition) is 0. The van der Waals surface area contributed by atoms with E-state index in [0.29, 0.717) is 0 Å². The number of hydrogen-bond acceptors (Lipinski definition) is 2. The molecule has 0 aliphatic heterocycles. The molecule has 0 spiro atoms. The van der Waals surface area contributed by atoms with Gasteiger partial charge in [0.05, 0.1) is 12.7 Å². The molecule has 0 unspecified atom stereocenters. The van der Waals surface area contributed by atoms with Gasteiger partial charge in [-0.1, -0.05) is 19.2 Å². The molecule has 0 atom stereocenters. The van der Waals surface area contributed by atoms with Crippen LogP contribution in [0.1, 0.15) is 0 Å². The van der Waals surface area contributed by atoms with Gasteiger partial charge in [0.15, 0.2) is 0 Å². The van der Waals surface area contributed by atoms with E-state index in [1.807, 2.05) is 0 Å². The van der Waals surface area contributed by atoms with Gasteiger partial charge >= 0.3 is 0 Å². The fraction of sp³-hybridized carbons (Fsp3) is 0.222. The van der Waals surface area contributed by atoms with Crippen LogP contribution in [-0.4, -0.2) is 25.1 Å². The third kappa shape index (κ3) is 3.21. The van der Waals surface area contributed by atoms with Crippen LogP contribution >= 0.6 is 0 Å². The summed E-state index contributed by atoms with van der Waals surface area (Å²) in [6.45, 7) is 6.38. The average Bonchev–Trinajstić information content (AvgIpc) is 2.11. The highest BCUT2D eigenvalue weighted by Gasteiger charge is 2.16. The molecular formula is C9H12FNO2. The van der Waals surface area contributed by atoms with E-state index in [1.54, 1.807) is 0 Å². The molecule has 13 heavy (non-hydrogen) atoms. The number of likely N-dealkylation sites (N-methyl/N-ethyl adjacent to an activating group) is 1. The van der Waals surface area contributed by atoms with Crippen molar-refractivity contribution in [1.29, 1.82) is 0 Å². The molecule has 1 amide bonds. The Labute approximate surface area is 76.7 Å². The van der Waals surface area contributed by atoms with Crippen LogP contribution < -0.4 is 0 Å². The van der Waals surface area contributed by atoms with Gasteiger partial charge in [0.25, 0.3) is 5.91 Å². The lowest BCUT2D eigenvalue weighted by atomic mass is 10.2. The van der Waals surface area contributed by atoms with Crippen LogP contribution in [0.3, 0.4) is 0 Å². The fourth-order valence-electron chi connectivity index (χ4n) is 0.648. The van der Waals surface area contributed by atoms with Gasteiger partial charge in [-0.25, -0.2) is 9.45 Å². The lowest BCUT2D eigenvalue weighted by Gasteiger charge is -2.14. The van der Waals surface area contributed by atoms with E-state index in [1.165, 1.54) is 26.3 Å². The molecule has 0 saturated heterocycles. The van der Waals surface area contributed by atoms with Crippen molar-refractivity contribution >= 4 is 5.91 Å². The zero-order valence-electron chi connectivity index (χ0n) is 7.71. The third-order valence-electron chi connectivity index (χ3n) is 1.37. The van der Waals surface area contributed by atoms with Crippen molar-refractivity contribution in [2.24, 2.45) is 0 Å². The second-order valence-electron chi connectivity index (χ2n) is 2.21. The normalized spacial score (nSPS) is 10.8. The van der Waals surface area contributed by atoms with Crippen molar-refractivity contribution in [3.63, 3.8) is 0 Å². The first-order valence-electron chi connectivity index (χ1n) is 3.54. The SMILES string of the molecule is C=C/C=C(\C(=C)F)C(=O)N(C)OC. The molecule has 0 aromatic heterocycles. The zero-order valence-corrected chi connectivity index (χ0v) is 7.71. The van der Waals surface area contributed by atoms with Crippen LogP contribution in [0.25, 0.3) is 0 Å². The summed E-state index contributed by atoms with van der Waals surface area (Å²) >= 11 is 0. The second kappa shape index (κ2) is 5.27. The molecule has 0 N–H and O–H groups in total. The topological polar surface area (TPSA) is 29.5 Å². The minimum Gasteiger partial charge on any atom is -0.274 e. The predicted molar refractivity (Wildman–Crippen MR) is 48.3 cm³/mol. The molecule has 0 radical (unpaired) electrons. The maximum atomic E-state index is 12.7. The number of carbonyl (C=O) groups is 1. The van der Waals surface area contributed by atoms with Crippen molar-refractivity contribution < 1.29 is 14.0 Å². The number of carbonyl (C=O) groups excluding carboxylic acids is 1. The quantitative estimate of drug-likeness (QED) is 0.378. The summed E-state index contributed by atoms with van der Waals surface area (Å²) in [5, 5.41) is 0.903. The average molecular weight is 185 g/mol. The molecule has 0 bridgehead atoms. The molecule has 0 aliphatic rings. The highest BCUT2D eigenvalue weighted by Crippen LogP contribution is 2.12. The van der Waals surface area contributed by atoms with Gasteiger partial charge in [0.1, 0.15) is 5.83 Å². The minimum atomic E-state index is -0.811. The minimum absolute atomic E-state index is 0.167. The lowest BCUT2D eigenvalue weighted by molar-refractivity contribution is -0.163. The highest BCUT2D eigenvalue weighted by atomic mass is 19.1. The van der Waals surface area contributed by atoms with Crippen molar-refractivity contribution in [3.05, 3.63) is 36.7 Å². The van der Waals surface area contributed by atoms with Crippen LogP contribution in [0, 0.1) is 0 Å². The first-order valence-corrected chi connectivity index (χ1v) is 3.54. The highest BCUT2D eigenvalue weighted by molar-refractivity contribution is 5.96. The van der Waals surface area contributed by atoms with E-state index in [-0.39, 0.29) is 5.57 Å². The molecule has 4 heteroatoms. The second-order valence-corrected chi connectivity index (χ2v) is 2.21. The van der Waals surface area contributed by atoms with Gasteiger partial charge < -0.3 is 0 Å². The number of allylic oxidation sites excluding steroid dienone is 2. The summed E-state index contributed by atoms with van der Waals surface area (Å²) in [5.74, 6) is -1.41. The summed E-state index contributed by atoms with van der Waals surface area (Å²) in [7, 11) is 2.69. The van der Waals surface area contributed by atoms with E-state index in [4.69, 9.17) is 0 Å². The number of rotatable bonds is 4. The van der Waals surface area contributed by atoms with Crippen molar-refractivity contribution in [1.82, 2.24) is 5.06 Å². The maximum absolute atomic E-state index is 12.7. The van der Waals surface area contributed by atoms with Crippen molar-refractivity contribution in [3.8, 4) is 0 Å². The number of amides is 1. The number of nitrogens with zero attached hydrogens (tertiary/aromatic N) is 1. The van der Waals surface area contributed by atoms with Gasteiger partial charge in [-0.05, 0) is 6.08 Å². The predicted octanol–water partition coefficient (Wildman–Crippen LogP) is 1.60. The monoisotopic (exact) mass is 185 g/mol. The number of halogens is 1. The molecule has 0 aromatic rings. The van der Waals surface area contributed by atoms with E-state index in [9.17, 15) is 9.18 Å². The molecular weight excluding hydrogens is 173 g/mol. The Morgan fingerprint density at radius 1 is 1.62 bits per heavy atom. The summed E-state index contributed by atoms with van der Waals surface area (Å²) in [4.78, 5) is 15.9. The molecule has 0 rings (SSSR count). The molecule has 0 saturated carbocycles. The third-order valence-corrected chi connectivity index (χ3v) is 1.37. The van der Waals surface area contributed by atoms with E-state index < -0.39 is 11.7 Å². The Balaban J connectivity index is 4.77. The molecule has 0 heterocycles. The lowest BCUT2D eigenvalue weighted by Crippen LogP contribution is -2.27. The fourth-order valence-corrected chi connectivity index (χ4v) is 0.648. The Kier molecular flexibility index (Phi) is 4.69. The smallest absolute Gasteiger partial charge is 0.274 e. The Morgan fingerprint density at radius 2 is 2.15 bits per heavy atom. The van der Waals surface area contributed by atoms with Crippen LogP contribution in [0.2, 0.25) is 0 Å². The first-order chi connectivity index (χ1) is 6.04. The maximum Gasteiger partial charge on any atom is 0.280 e. The molecule has 0 aliphatic carbocycles. The van der Waals surface area contributed by atoms with Crippen molar-refractivity contribution in [2.45, 2.75) is 0 Å². The van der Waals surface area contributed by atoms with Gasteiger partial charge in [-0.15, -0.1) is 0 Å². The summed E-state index contributed by atoms with van der Waals surface area (Å²) in [6.07, 6.45) is 2.54. The van der Waals surface area contributed by atoms with Gasteiger partial charge in [-0.3, -0.25) is 9.63 Å². The largest absolute Gasteiger partial charge is 0.280 e. The molecule has 0 fully saturated rings. The van der Waals surface area contributed by atoms with Crippen LogP contribution in [0.4, 0.5) is 4.39 Å². The Bertz CT molecular complexity index is 258. The van der Waals surface area contributed by atoms with Gasteiger partial charge in [0.2, 0.25) is 0 Å². The van der Waals surface area contributed by atoms with Gasteiger partial charge in [-0.2, -0.15) is 0 Å². The van der Waals surface area contributed by atoms with Crippen LogP contribution in [0.15, 0.2) is 36.7 Å².